The second-order valence-electron chi connectivity index (χ2n) is 4.75. The summed E-state index contributed by atoms with van der Waals surface area (Å²) < 4.78 is 27.0. The second kappa shape index (κ2) is 5.16. The van der Waals surface area contributed by atoms with Gasteiger partial charge in [-0.3, -0.25) is 0 Å². The molecular formula is C13H15N3O2S2. The van der Waals surface area contributed by atoms with Gasteiger partial charge in [-0.05, 0) is 47.4 Å². The van der Waals surface area contributed by atoms with Crippen LogP contribution in [0.15, 0.2) is 40.1 Å². The monoisotopic (exact) mass is 309 g/mol. The minimum atomic E-state index is -3.51. The van der Waals surface area contributed by atoms with Gasteiger partial charge in [0.2, 0.25) is 10.0 Å². The predicted molar refractivity (Wildman–Crippen MR) is 78.8 cm³/mol. The molecule has 0 bridgehead atoms. The van der Waals surface area contributed by atoms with Gasteiger partial charge in [0.15, 0.2) is 0 Å². The Bertz CT molecular complexity index is 681. The van der Waals surface area contributed by atoms with Gasteiger partial charge in [-0.25, -0.2) is 13.4 Å². The van der Waals surface area contributed by atoms with Gasteiger partial charge in [0.1, 0.15) is 10.7 Å². The first kappa shape index (κ1) is 13.5. The molecular weight excluding hydrogens is 294 g/mol. The standard InChI is InChI=1S/C13H15N3O2S2/c14-13-4-3-11(8-15-13)20(17,18)16-6-1-2-12(16)10-5-7-19-9-10/h3-5,7-9,12H,1-2,6H2,(H2,14,15). The molecule has 1 aliphatic rings. The van der Waals surface area contributed by atoms with Crippen molar-refractivity contribution in [3.8, 4) is 0 Å². The van der Waals surface area contributed by atoms with Crippen LogP contribution in [0.1, 0.15) is 24.4 Å². The Kier molecular flexibility index (Phi) is 3.49. The first-order valence-electron chi connectivity index (χ1n) is 6.34. The summed E-state index contributed by atoms with van der Waals surface area (Å²) in [6.45, 7) is 0.549. The number of aromatic nitrogens is 1. The fourth-order valence-corrected chi connectivity index (χ4v) is 4.84. The van der Waals surface area contributed by atoms with E-state index in [-0.39, 0.29) is 10.9 Å². The molecule has 0 aromatic carbocycles. The van der Waals surface area contributed by atoms with Crippen molar-refractivity contribution in [2.24, 2.45) is 0 Å². The molecule has 2 N–H and O–H groups in total. The van der Waals surface area contributed by atoms with Crippen LogP contribution in [0.25, 0.3) is 0 Å². The Morgan fingerprint density at radius 3 is 2.85 bits per heavy atom. The van der Waals surface area contributed by atoms with Crippen LogP contribution >= 0.6 is 11.3 Å². The maximum absolute atomic E-state index is 12.7. The predicted octanol–water partition coefficient (Wildman–Crippen LogP) is 2.25. The molecule has 1 saturated heterocycles. The summed E-state index contributed by atoms with van der Waals surface area (Å²) in [7, 11) is -3.51. The molecule has 1 atom stereocenters. The zero-order valence-electron chi connectivity index (χ0n) is 10.8. The highest BCUT2D eigenvalue weighted by molar-refractivity contribution is 7.89. The van der Waals surface area contributed by atoms with Crippen molar-refractivity contribution < 1.29 is 8.42 Å². The SMILES string of the molecule is Nc1ccc(S(=O)(=O)N2CCCC2c2ccsc2)cn1. The lowest BCUT2D eigenvalue weighted by Crippen LogP contribution is -2.30. The van der Waals surface area contributed by atoms with E-state index in [0.29, 0.717) is 12.4 Å². The Hall–Kier alpha value is -1.44. The molecule has 20 heavy (non-hydrogen) atoms. The molecule has 5 nitrogen and oxygen atoms in total. The van der Waals surface area contributed by atoms with Crippen LogP contribution in [-0.2, 0) is 10.0 Å². The maximum Gasteiger partial charge on any atom is 0.245 e. The number of thiophene rings is 1. The number of nitrogen functional groups attached to an aromatic ring is 1. The summed E-state index contributed by atoms with van der Waals surface area (Å²) in [4.78, 5) is 4.08. The number of rotatable bonds is 3. The van der Waals surface area contributed by atoms with Gasteiger partial charge < -0.3 is 5.73 Å². The van der Waals surface area contributed by atoms with Crippen molar-refractivity contribution >= 4 is 27.2 Å². The third kappa shape index (κ3) is 2.32. The number of hydrogen-bond acceptors (Lipinski definition) is 5. The summed E-state index contributed by atoms with van der Waals surface area (Å²) in [6, 6.07) is 4.96. The molecule has 3 rings (SSSR count). The van der Waals surface area contributed by atoms with E-state index < -0.39 is 10.0 Å². The minimum absolute atomic E-state index is 0.0659. The van der Waals surface area contributed by atoms with Crippen LogP contribution in [0.5, 0.6) is 0 Å². The smallest absolute Gasteiger partial charge is 0.245 e. The van der Waals surface area contributed by atoms with E-state index in [0.717, 1.165) is 18.4 Å². The molecule has 1 aliphatic heterocycles. The number of nitrogens with zero attached hydrogens (tertiary/aromatic N) is 2. The lowest BCUT2D eigenvalue weighted by atomic mass is 10.1. The largest absolute Gasteiger partial charge is 0.384 e. The van der Waals surface area contributed by atoms with E-state index in [1.165, 1.54) is 18.3 Å². The van der Waals surface area contributed by atoms with Crippen LogP contribution in [0.3, 0.4) is 0 Å². The Labute approximate surface area is 122 Å². The second-order valence-corrected chi connectivity index (χ2v) is 7.42. The van der Waals surface area contributed by atoms with Gasteiger partial charge >= 0.3 is 0 Å². The summed E-state index contributed by atoms with van der Waals surface area (Å²) in [5.74, 6) is 0.319. The van der Waals surface area contributed by atoms with Crippen LogP contribution in [0.2, 0.25) is 0 Å². The van der Waals surface area contributed by atoms with Crippen molar-refractivity contribution in [2.75, 3.05) is 12.3 Å². The Morgan fingerprint density at radius 2 is 2.20 bits per heavy atom. The first-order chi connectivity index (χ1) is 9.59. The van der Waals surface area contributed by atoms with Crippen LogP contribution < -0.4 is 5.73 Å². The topological polar surface area (TPSA) is 76.3 Å². The lowest BCUT2D eigenvalue weighted by molar-refractivity contribution is 0.397. The molecule has 0 spiro atoms. The molecule has 0 amide bonds. The highest BCUT2D eigenvalue weighted by atomic mass is 32.2. The molecule has 7 heteroatoms. The Balaban J connectivity index is 1.96. The fraction of sp³-hybridized carbons (Fsp3) is 0.308. The van der Waals surface area contributed by atoms with Gasteiger partial charge in [-0.2, -0.15) is 15.6 Å². The van der Waals surface area contributed by atoms with Crippen molar-refractivity contribution in [2.45, 2.75) is 23.8 Å². The van der Waals surface area contributed by atoms with E-state index in [4.69, 9.17) is 5.73 Å². The number of nitrogens with two attached hydrogens (primary N) is 1. The van der Waals surface area contributed by atoms with E-state index >= 15 is 0 Å². The van der Waals surface area contributed by atoms with Gasteiger partial charge in [-0.1, -0.05) is 0 Å². The molecule has 106 valence electrons. The first-order valence-corrected chi connectivity index (χ1v) is 8.73. The van der Waals surface area contributed by atoms with E-state index in [1.807, 2.05) is 16.8 Å². The maximum atomic E-state index is 12.7. The molecule has 0 aliphatic carbocycles. The number of pyridine rings is 1. The lowest BCUT2D eigenvalue weighted by Gasteiger charge is -2.23. The highest BCUT2D eigenvalue weighted by Gasteiger charge is 2.36. The van der Waals surface area contributed by atoms with Crippen molar-refractivity contribution in [1.82, 2.24) is 9.29 Å². The Morgan fingerprint density at radius 1 is 1.35 bits per heavy atom. The van der Waals surface area contributed by atoms with Crippen LogP contribution in [0.4, 0.5) is 5.82 Å². The molecule has 0 radical (unpaired) electrons. The minimum Gasteiger partial charge on any atom is -0.384 e. The summed E-state index contributed by atoms with van der Waals surface area (Å²) in [5, 5.41) is 3.99. The highest BCUT2D eigenvalue weighted by Crippen LogP contribution is 2.37. The van der Waals surface area contributed by atoms with Crippen molar-refractivity contribution in [1.29, 1.82) is 0 Å². The van der Waals surface area contributed by atoms with Crippen LogP contribution in [-0.4, -0.2) is 24.3 Å². The van der Waals surface area contributed by atoms with E-state index in [9.17, 15) is 8.42 Å². The molecule has 2 aromatic rings. The molecule has 2 aromatic heterocycles. The third-order valence-electron chi connectivity index (χ3n) is 3.50. The molecule has 0 saturated carbocycles. The summed E-state index contributed by atoms with van der Waals surface area (Å²) >= 11 is 1.59. The zero-order chi connectivity index (χ0) is 14.2. The van der Waals surface area contributed by atoms with E-state index in [2.05, 4.69) is 4.98 Å². The normalized spacial score (nSPS) is 20.3. The van der Waals surface area contributed by atoms with E-state index in [1.54, 1.807) is 15.6 Å². The van der Waals surface area contributed by atoms with Gasteiger partial charge in [0.25, 0.3) is 0 Å². The summed E-state index contributed by atoms with van der Waals surface area (Å²) in [6.07, 6.45) is 3.06. The summed E-state index contributed by atoms with van der Waals surface area (Å²) in [5.41, 5.74) is 6.58. The molecule has 1 fully saturated rings. The fourth-order valence-electron chi connectivity index (χ4n) is 2.51. The number of hydrogen-bond donors (Lipinski definition) is 1. The quantitative estimate of drug-likeness (QED) is 0.943. The van der Waals surface area contributed by atoms with Gasteiger partial charge in [0.05, 0.1) is 6.04 Å². The molecule has 1 unspecified atom stereocenters. The molecule has 3 heterocycles. The van der Waals surface area contributed by atoms with Crippen molar-refractivity contribution in [3.05, 3.63) is 40.7 Å². The van der Waals surface area contributed by atoms with Gasteiger partial charge in [0, 0.05) is 12.7 Å². The number of anilines is 1. The third-order valence-corrected chi connectivity index (χ3v) is 6.09. The van der Waals surface area contributed by atoms with Crippen LogP contribution in [0, 0.1) is 0 Å². The number of sulfonamides is 1. The average molecular weight is 309 g/mol. The average Bonchev–Trinajstić information content (AvgIpc) is 3.10. The van der Waals surface area contributed by atoms with Gasteiger partial charge in [-0.15, -0.1) is 0 Å². The van der Waals surface area contributed by atoms with Crippen molar-refractivity contribution in [3.63, 3.8) is 0 Å². The zero-order valence-corrected chi connectivity index (χ0v) is 12.4.